The monoisotopic (exact) mass is 214 g/mol. The molecule has 15 heavy (non-hydrogen) atoms. The second kappa shape index (κ2) is 7.90. The van der Waals surface area contributed by atoms with Crippen LogP contribution >= 0.6 is 0 Å². The van der Waals surface area contributed by atoms with Crippen LogP contribution in [0.1, 0.15) is 0 Å². The summed E-state index contributed by atoms with van der Waals surface area (Å²) in [6.07, 6.45) is 0. The van der Waals surface area contributed by atoms with E-state index in [9.17, 15) is 0 Å². The molecule has 0 fully saturated rings. The van der Waals surface area contributed by atoms with Gasteiger partial charge in [-0.3, -0.25) is 0 Å². The Morgan fingerprint density at radius 1 is 1.00 bits per heavy atom. The Morgan fingerprint density at radius 3 is 1.67 bits per heavy atom. The van der Waals surface area contributed by atoms with Gasteiger partial charge in [0.2, 0.25) is 0 Å². The largest absolute Gasteiger partial charge is 0.384 e. The molecule has 0 aliphatic rings. The molecule has 0 unspecified atom stereocenters. The summed E-state index contributed by atoms with van der Waals surface area (Å²) in [5, 5.41) is 6.94. The molecule has 0 N–H and O–H groups in total. The van der Waals surface area contributed by atoms with E-state index in [0.29, 0.717) is 13.2 Å². The zero-order valence-electron chi connectivity index (χ0n) is 8.83. The highest BCUT2D eigenvalue weighted by molar-refractivity contribution is 4.84. The van der Waals surface area contributed by atoms with Crippen molar-refractivity contribution in [2.75, 3.05) is 40.5 Å². The molecule has 8 nitrogen and oxygen atoms in total. The van der Waals surface area contributed by atoms with Crippen molar-refractivity contribution >= 4 is 0 Å². The Morgan fingerprint density at radius 2 is 1.40 bits per heavy atom. The van der Waals surface area contributed by atoms with Gasteiger partial charge >= 0.3 is 0 Å². The van der Waals surface area contributed by atoms with Crippen molar-refractivity contribution in [3.8, 4) is 0 Å². The van der Waals surface area contributed by atoms with Crippen LogP contribution in [0.4, 0.5) is 0 Å². The molecule has 0 aliphatic heterocycles. The molecule has 0 aromatic heterocycles. The van der Waals surface area contributed by atoms with E-state index < -0.39 is 5.41 Å². The molecule has 0 bridgehead atoms. The summed E-state index contributed by atoms with van der Waals surface area (Å²) in [5.41, 5.74) is 15.9. The van der Waals surface area contributed by atoms with Crippen molar-refractivity contribution < 1.29 is 9.47 Å². The van der Waals surface area contributed by atoms with E-state index in [4.69, 9.17) is 20.5 Å². The Bertz CT molecular complexity index is 241. The van der Waals surface area contributed by atoms with E-state index in [1.807, 2.05) is 0 Å². The third-order valence-electron chi connectivity index (χ3n) is 1.84. The Labute approximate surface area is 87.4 Å². The lowest BCUT2D eigenvalue weighted by molar-refractivity contribution is 0.0216. The molecule has 0 radical (unpaired) electrons. The van der Waals surface area contributed by atoms with Crippen LogP contribution in [0.2, 0.25) is 0 Å². The third-order valence-corrected chi connectivity index (χ3v) is 1.84. The molecule has 0 rings (SSSR count). The maximum Gasteiger partial charge on any atom is 0.0543 e. The smallest absolute Gasteiger partial charge is 0.0543 e. The first kappa shape index (κ1) is 13.5. The van der Waals surface area contributed by atoms with Crippen LogP contribution in [0.3, 0.4) is 0 Å². The zero-order chi connectivity index (χ0) is 11.6. The predicted octanol–water partition coefficient (Wildman–Crippen LogP) is 1.89. The van der Waals surface area contributed by atoms with Crippen molar-refractivity contribution in [2.45, 2.75) is 0 Å². The first-order valence-corrected chi connectivity index (χ1v) is 4.24. The lowest BCUT2D eigenvalue weighted by Gasteiger charge is -2.28. The van der Waals surface area contributed by atoms with Gasteiger partial charge < -0.3 is 9.47 Å². The van der Waals surface area contributed by atoms with Crippen molar-refractivity contribution in [1.29, 1.82) is 0 Å². The van der Waals surface area contributed by atoms with Gasteiger partial charge in [-0.05, 0) is 11.1 Å². The van der Waals surface area contributed by atoms with E-state index in [0.717, 1.165) is 0 Å². The van der Waals surface area contributed by atoms with Gasteiger partial charge in [-0.25, -0.2) is 0 Å². The normalized spacial score (nSPS) is 10.3. The first-order chi connectivity index (χ1) is 7.24. The molecule has 84 valence electrons. The van der Waals surface area contributed by atoms with E-state index in [1.54, 1.807) is 0 Å². The highest BCUT2D eigenvalue weighted by Gasteiger charge is 2.29. The van der Waals surface area contributed by atoms with Crippen molar-refractivity contribution in [2.24, 2.45) is 15.6 Å². The van der Waals surface area contributed by atoms with E-state index in [2.05, 4.69) is 20.1 Å². The van der Waals surface area contributed by atoms with Crippen LogP contribution < -0.4 is 0 Å². The Kier molecular flexibility index (Phi) is 7.13. The standard InChI is InChI=1S/C7H14N6O2/c1-14-5-7(6-15-2,3-10-12-8)4-11-13-9/h3-6H2,1-2H3. The Balaban J connectivity index is 4.67. The van der Waals surface area contributed by atoms with Gasteiger partial charge in [0.25, 0.3) is 0 Å². The fourth-order valence-electron chi connectivity index (χ4n) is 1.25. The minimum absolute atomic E-state index is 0.171. The third kappa shape index (κ3) is 5.09. The minimum atomic E-state index is -0.581. The molecule has 8 heteroatoms. The minimum Gasteiger partial charge on any atom is -0.384 e. The molecule has 0 aliphatic carbocycles. The van der Waals surface area contributed by atoms with Crippen LogP contribution in [0.25, 0.3) is 20.9 Å². The summed E-state index contributed by atoms with van der Waals surface area (Å²) in [4.78, 5) is 5.34. The zero-order valence-corrected chi connectivity index (χ0v) is 8.83. The molecule has 0 atom stereocenters. The van der Waals surface area contributed by atoms with E-state index in [1.165, 1.54) is 14.2 Å². The number of rotatable bonds is 8. The summed E-state index contributed by atoms with van der Waals surface area (Å²) < 4.78 is 10.0. The quantitative estimate of drug-likeness (QED) is 0.348. The van der Waals surface area contributed by atoms with Gasteiger partial charge in [-0.2, -0.15) is 0 Å². The fourth-order valence-corrected chi connectivity index (χ4v) is 1.25. The van der Waals surface area contributed by atoms with E-state index in [-0.39, 0.29) is 13.1 Å². The Hall–Kier alpha value is -1.46. The molecule has 0 amide bonds. The number of azide groups is 2. The molecule has 0 spiro atoms. The molecule has 0 heterocycles. The molecule has 0 saturated heterocycles. The highest BCUT2D eigenvalue weighted by atomic mass is 16.5. The molecular formula is C7H14N6O2. The summed E-state index contributed by atoms with van der Waals surface area (Å²) >= 11 is 0. The average Bonchev–Trinajstić information content (AvgIpc) is 2.24. The first-order valence-electron chi connectivity index (χ1n) is 4.24. The van der Waals surface area contributed by atoms with Crippen LogP contribution in [-0.2, 0) is 9.47 Å². The summed E-state index contributed by atoms with van der Waals surface area (Å²) in [6.45, 7) is 0.951. The SMILES string of the molecule is COCC(CN=[N+]=[N-])(CN=[N+]=[N-])COC. The average molecular weight is 214 g/mol. The van der Waals surface area contributed by atoms with Crippen molar-refractivity contribution in [1.82, 2.24) is 0 Å². The van der Waals surface area contributed by atoms with Crippen molar-refractivity contribution in [3.63, 3.8) is 0 Å². The summed E-state index contributed by atoms with van der Waals surface area (Å²) in [7, 11) is 3.05. The predicted molar refractivity (Wildman–Crippen MR) is 54.2 cm³/mol. The number of nitrogens with zero attached hydrogens (tertiary/aromatic N) is 6. The maximum atomic E-state index is 8.26. The molecule has 0 aromatic carbocycles. The van der Waals surface area contributed by atoms with Gasteiger partial charge in [0, 0.05) is 42.5 Å². The van der Waals surface area contributed by atoms with Gasteiger partial charge in [-0.1, -0.05) is 10.2 Å². The number of hydrogen-bond acceptors (Lipinski definition) is 4. The maximum absolute atomic E-state index is 8.26. The number of methoxy groups -OCH3 is 2. The summed E-state index contributed by atoms with van der Waals surface area (Å²) in [6, 6.07) is 0. The van der Waals surface area contributed by atoms with E-state index >= 15 is 0 Å². The molecule has 0 aromatic rings. The van der Waals surface area contributed by atoms with Gasteiger partial charge in [0.05, 0.1) is 13.2 Å². The fraction of sp³-hybridized carbons (Fsp3) is 1.00. The molecule has 0 saturated carbocycles. The van der Waals surface area contributed by atoms with Crippen molar-refractivity contribution in [3.05, 3.63) is 20.9 Å². The second-order valence-electron chi connectivity index (χ2n) is 3.14. The molecular weight excluding hydrogens is 200 g/mol. The summed E-state index contributed by atoms with van der Waals surface area (Å²) in [5.74, 6) is 0. The number of hydrogen-bond donors (Lipinski definition) is 0. The topological polar surface area (TPSA) is 116 Å². The second-order valence-corrected chi connectivity index (χ2v) is 3.14. The highest BCUT2D eigenvalue weighted by Crippen LogP contribution is 2.20. The lowest BCUT2D eigenvalue weighted by Crippen LogP contribution is -2.37. The lowest BCUT2D eigenvalue weighted by atomic mass is 9.90. The van der Waals surface area contributed by atoms with Gasteiger partial charge in [0.15, 0.2) is 0 Å². The number of ether oxygens (including phenoxy) is 2. The van der Waals surface area contributed by atoms with Gasteiger partial charge in [0.1, 0.15) is 0 Å². The van der Waals surface area contributed by atoms with Crippen LogP contribution in [0.15, 0.2) is 10.2 Å². The van der Waals surface area contributed by atoms with Crippen LogP contribution in [-0.4, -0.2) is 40.5 Å². The van der Waals surface area contributed by atoms with Crippen LogP contribution in [0.5, 0.6) is 0 Å². The van der Waals surface area contributed by atoms with Gasteiger partial charge in [-0.15, -0.1) is 0 Å². The van der Waals surface area contributed by atoms with Crippen LogP contribution in [0, 0.1) is 5.41 Å².